The van der Waals surface area contributed by atoms with E-state index in [0.717, 1.165) is 10.7 Å². The number of rotatable bonds is 7. The van der Waals surface area contributed by atoms with E-state index < -0.39 is 10.0 Å². The Morgan fingerprint density at radius 3 is 2.62 bits per heavy atom. The maximum absolute atomic E-state index is 12.2. The van der Waals surface area contributed by atoms with Crippen LogP contribution in [-0.4, -0.2) is 45.3 Å². The number of sulfonamides is 1. The van der Waals surface area contributed by atoms with E-state index in [1.165, 1.54) is 51.6 Å². The average molecular weight is 402 g/mol. The normalized spacial score (nSPS) is 21.0. The largest absolute Gasteiger partial charge is 0.325 e. The van der Waals surface area contributed by atoms with Crippen LogP contribution >= 0.6 is 11.6 Å². The van der Waals surface area contributed by atoms with E-state index in [4.69, 9.17) is 11.6 Å². The van der Waals surface area contributed by atoms with E-state index in [2.05, 4.69) is 17.6 Å². The Hall–Kier alpha value is -1.15. The minimum atomic E-state index is -3.58. The van der Waals surface area contributed by atoms with Gasteiger partial charge in [-0.05, 0) is 37.0 Å². The number of nitrogens with zero attached hydrogens (tertiary/aromatic N) is 1. The molecule has 1 aromatic carbocycles. The Labute approximate surface area is 161 Å². The number of carbonyl (C=O) groups excluding carboxylic acids is 1. The molecule has 0 spiro atoms. The van der Waals surface area contributed by atoms with Crippen LogP contribution in [0.4, 0.5) is 5.69 Å². The molecule has 8 heteroatoms. The monoisotopic (exact) mass is 401 g/mol. The highest BCUT2D eigenvalue weighted by molar-refractivity contribution is 7.89. The number of benzene rings is 1. The molecule has 1 fully saturated rings. The van der Waals surface area contributed by atoms with Crippen molar-refractivity contribution in [1.29, 1.82) is 0 Å². The van der Waals surface area contributed by atoms with Crippen molar-refractivity contribution >= 4 is 33.2 Å². The topological polar surface area (TPSA) is 78.5 Å². The molecule has 2 atom stereocenters. The lowest BCUT2D eigenvalue weighted by molar-refractivity contribution is -0.116. The smallest absolute Gasteiger partial charge is 0.242 e. The molecule has 1 aliphatic rings. The molecule has 0 aliphatic heterocycles. The average Bonchev–Trinajstić information content (AvgIpc) is 2.58. The first-order chi connectivity index (χ1) is 12.2. The van der Waals surface area contributed by atoms with Crippen molar-refractivity contribution in [2.24, 2.45) is 5.92 Å². The molecule has 0 bridgehead atoms. The molecule has 2 rings (SSSR count). The molecule has 0 aromatic heterocycles. The summed E-state index contributed by atoms with van der Waals surface area (Å²) in [6.07, 6.45) is 5.21. The highest BCUT2D eigenvalue weighted by Gasteiger charge is 2.21. The Balaban J connectivity index is 1.94. The van der Waals surface area contributed by atoms with Crippen LogP contribution in [0.2, 0.25) is 5.02 Å². The third kappa shape index (κ3) is 5.42. The predicted octanol–water partition coefficient (Wildman–Crippen LogP) is 3.09. The molecule has 2 unspecified atom stereocenters. The number of halogens is 1. The van der Waals surface area contributed by atoms with Crippen LogP contribution in [0.5, 0.6) is 0 Å². The van der Waals surface area contributed by atoms with Crippen LogP contribution in [-0.2, 0) is 14.8 Å². The third-order valence-electron chi connectivity index (χ3n) is 4.86. The van der Waals surface area contributed by atoms with Gasteiger partial charge in [0.1, 0.15) is 0 Å². The molecule has 26 heavy (non-hydrogen) atoms. The highest BCUT2D eigenvalue weighted by Crippen LogP contribution is 2.27. The molecule has 1 saturated carbocycles. The lowest BCUT2D eigenvalue weighted by atomic mass is 9.86. The van der Waals surface area contributed by atoms with Crippen molar-refractivity contribution in [3.05, 3.63) is 23.2 Å². The number of carbonyl (C=O) groups is 1. The molecule has 146 valence electrons. The number of anilines is 1. The van der Waals surface area contributed by atoms with Gasteiger partial charge in [-0.2, -0.15) is 0 Å². The van der Waals surface area contributed by atoms with Gasteiger partial charge in [-0.1, -0.05) is 31.4 Å². The molecule has 6 nitrogen and oxygen atoms in total. The lowest BCUT2D eigenvalue weighted by Crippen LogP contribution is -2.38. The van der Waals surface area contributed by atoms with Gasteiger partial charge in [0.25, 0.3) is 0 Å². The molecule has 0 saturated heterocycles. The first kappa shape index (κ1) is 21.2. The summed E-state index contributed by atoms with van der Waals surface area (Å²) in [6.45, 7) is 2.83. The predicted molar refractivity (Wildman–Crippen MR) is 105 cm³/mol. The van der Waals surface area contributed by atoms with Crippen molar-refractivity contribution in [2.45, 2.75) is 50.0 Å². The van der Waals surface area contributed by atoms with E-state index in [1.54, 1.807) is 0 Å². The summed E-state index contributed by atoms with van der Waals surface area (Å²) >= 11 is 6.11. The molecular formula is C18H28ClN3O3S. The second-order valence-corrected chi connectivity index (χ2v) is 9.61. The van der Waals surface area contributed by atoms with Crippen molar-refractivity contribution in [1.82, 2.24) is 9.62 Å². The van der Waals surface area contributed by atoms with E-state index >= 15 is 0 Å². The number of hydrogen-bond acceptors (Lipinski definition) is 4. The minimum Gasteiger partial charge on any atom is -0.325 e. The van der Waals surface area contributed by atoms with Crippen molar-refractivity contribution in [3.8, 4) is 0 Å². The van der Waals surface area contributed by atoms with Crippen molar-refractivity contribution in [2.75, 3.05) is 26.0 Å². The summed E-state index contributed by atoms with van der Waals surface area (Å²) in [7, 11) is -0.662. The van der Waals surface area contributed by atoms with Gasteiger partial charge in [0.05, 0.1) is 15.6 Å². The molecule has 2 N–H and O–H groups in total. The van der Waals surface area contributed by atoms with Crippen LogP contribution in [0, 0.1) is 5.92 Å². The summed E-state index contributed by atoms with van der Waals surface area (Å²) in [6, 6.07) is 4.77. The van der Waals surface area contributed by atoms with E-state index in [9.17, 15) is 13.2 Å². The third-order valence-corrected chi connectivity index (χ3v) is 7.00. The highest BCUT2D eigenvalue weighted by atomic mass is 35.5. The van der Waals surface area contributed by atoms with Crippen molar-refractivity contribution < 1.29 is 13.2 Å². The lowest BCUT2D eigenvalue weighted by Gasteiger charge is -2.29. The van der Waals surface area contributed by atoms with Gasteiger partial charge in [-0.25, -0.2) is 12.7 Å². The van der Waals surface area contributed by atoms with Gasteiger partial charge in [0, 0.05) is 33.1 Å². The van der Waals surface area contributed by atoms with Gasteiger partial charge >= 0.3 is 0 Å². The summed E-state index contributed by atoms with van der Waals surface area (Å²) in [5.41, 5.74) is 0.311. The first-order valence-corrected chi connectivity index (χ1v) is 10.8. The minimum absolute atomic E-state index is 0.0938. The number of hydrogen-bond donors (Lipinski definition) is 2. The Morgan fingerprint density at radius 2 is 1.96 bits per heavy atom. The summed E-state index contributed by atoms with van der Waals surface area (Å²) in [5, 5.41) is 6.48. The van der Waals surface area contributed by atoms with Crippen LogP contribution in [0.1, 0.15) is 39.0 Å². The van der Waals surface area contributed by atoms with Gasteiger partial charge in [-0.15, -0.1) is 0 Å². The zero-order valence-corrected chi connectivity index (χ0v) is 17.2. The Morgan fingerprint density at radius 1 is 1.27 bits per heavy atom. The summed E-state index contributed by atoms with van der Waals surface area (Å²) in [4.78, 5) is 12.3. The van der Waals surface area contributed by atoms with Crippen LogP contribution in [0.15, 0.2) is 23.1 Å². The van der Waals surface area contributed by atoms with Crippen LogP contribution < -0.4 is 10.6 Å². The van der Waals surface area contributed by atoms with E-state index in [1.807, 2.05) is 0 Å². The fourth-order valence-corrected chi connectivity index (χ4v) is 4.27. The summed E-state index contributed by atoms with van der Waals surface area (Å²) in [5.74, 6) is 0.441. The Kier molecular flexibility index (Phi) is 7.46. The first-order valence-electron chi connectivity index (χ1n) is 8.97. The second-order valence-electron chi connectivity index (χ2n) is 7.05. The van der Waals surface area contributed by atoms with E-state index in [0.29, 0.717) is 35.6 Å². The Bertz CT molecular complexity index is 737. The van der Waals surface area contributed by atoms with Crippen molar-refractivity contribution in [3.63, 3.8) is 0 Å². The number of amides is 1. The molecular weight excluding hydrogens is 374 g/mol. The molecule has 1 aromatic rings. The maximum Gasteiger partial charge on any atom is 0.242 e. The molecule has 0 radical (unpaired) electrons. The molecule has 1 aliphatic carbocycles. The van der Waals surface area contributed by atoms with Gasteiger partial charge in [0.15, 0.2) is 0 Å². The standard InChI is InChI=1S/C18H28ClN3O3S/c1-13-6-4-5-7-16(13)20-11-10-18(23)21-17-12-14(8-9-15(17)19)26(24,25)22(2)3/h8-9,12-13,16,20H,4-7,10-11H2,1-3H3,(H,21,23). The van der Waals surface area contributed by atoms with Gasteiger partial charge in [0.2, 0.25) is 15.9 Å². The zero-order chi connectivity index (χ0) is 19.3. The maximum atomic E-state index is 12.2. The second kappa shape index (κ2) is 9.17. The van der Waals surface area contributed by atoms with Gasteiger partial charge < -0.3 is 10.6 Å². The van der Waals surface area contributed by atoms with Crippen LogP contribution in [0.3, 0.4) is 0 Å². The number of nitrogens with one attached hydrogen (secondary N) is 2. The SMILES string of the molecule is CC1CCCCC1NCCC(=O)Nc1cc(S(=O)(=O)N(C)C)ccc1Cl. The fraction of sp³-hybridized carbons (Fsp3) is 0.611. The zero-order valence-electron chi connectivity index (χ0n) is 15.6. The van der Waals surface area contributed by atoms with E-state index in [-0.39, 0.29) is 10.8 Å². The fourth-order valence-electron chi connectivity index (χ4n) is 3.17. The van der Waals surface area contributed by atoms with Crippen LogP contribution in [0.25, 0.3) is 0 Å². The quantitative estimate of drug-likeness (QED) is 0.735. The van der Waals surface area contributed by atoms with Gasteiger partial charge in [-0.3, -0.25) is 4.79 Å². The molecule has 0 heterocycles. The molecule has 1 amide bonds. The summed E-state index contributed by atoms with van der Waals surface area (Å²) < 4.78 is 25.6.